The summed E-state index contributed by atoms with van der Waals surface area (Å²) in [7, 11) is 0. The zero-order chi connectivity index (χ0) is 22.3. The van der Waals surface area contributed by atoms with E-state index >= 15 is 0 Å². The molecule has 0 aliphatic heterocycles. The fraction of sp³-hybridized carbons (Fsp3) is 0.364. The van der Waals surface area contributed by atoms with Crippen molar-refractivity contribution in [1.82, 2.24) is 0 Å². The minimum Gasteiger partial charge on any atom is -0.545 e. The van der Waals surface area contributed by atoms with Gasteiger partial charge in [-0.2, -0.15) is 0 Å². The van der Waals surface area contributed by atoms with Gasteiger partial charge in [0.1, 0.15) is 24.7 Å². The van der Waals surface area contributed by atoms with Gasteiger partial charge in [-0.3, -0.25) is 0 Å². The normalized spacial score (nSPS) is 10.6. The number of aromatic carboxylic acids is 2. The Labute approximate surface area is 180 Å². The zero-order valence-corrected chi connectivity index (χ0v) is 16.9. The first-order valence-corrected chi connectivity index (χ1v) is 9.68. The lowest BCUT2D eigenvalue weighted by molar-refractivity contribution is -0.256. The van der Waals surface area contributed by atoms with Gasteiger partial charge in [0.2, 0.25) is 0 Å². The summed E-state index contributed by atoms with van der Waals surface area (Å²) in [6.45, 7) is 2.82. The van der Waals surface area contributed by atoms with Crippen molar-refractivity contribution in [2.45, 2.75) is 0 Å². The van der Waals surface area contributed by atoms with Gasteiger partial charge in [0.05, 0.1) is 51.6 Å². The predicted molar refractivity (Wildman–Crippen MR) is 105 cm³/mol. The number of ether oxygens (including phenoxy) is 5. The van der Waals surface area contributed by atoms with Crippen molar-refractivity contribution in [3.05, 3.63) is 59.7 Å². The topological polar surface area (TPSA) is 126 Å². The van der Waals surface area contributed by atoms with E-state index in [4.69, 9.17) is 23.7 Å². The van der Waals surface area contributed by atoms with Crippen LogP contribution in [-0.2, 0) is 14.2 Å². The van der Waals surface area contributed by atoms with Crippen LogP contribution in [0, 0.1) is 0 Å². The fourth-order valence-corrected chi connectivity index (χ4v) is 2.40. The Morgan fingerprint density at radius 1 is 0.581 bits per heavy atom. The molecule has 0 fully saturated rings. The molecular weight excluding hydrogens is 408 g/mol. The molecule has 0 bridgehead atoms. The molecule has 0 unspecified atom stereocenters. The van der Waals surface area contributed by atoms with Crippen molar-refractivity contribution < 1.29 is 43.5 Å². The van der Waals surface area contributed by atoms with E-state index in [1.807, 2.05) is 0 Å². The average Bonchev–Trinajstić information content (AvgIpc) is 2.77. The molecule has 0 aliphatic carbocycles. The van der Waals surface area contributed by atoms with Gasteiger partial charge < -0.3 is 43.5 Å². The van der Waals surface area contributed by atoms with E-state index in [1.165, 1.54) is 24.3 Å². The summed E-state index contributed by atoms with van der Waals surface area (Å²) < 4.78 is 26.9. The first-order valence-electron chi connectivity index (χ1n) is 9.68. The molecule has 0 amide bonds. The summed E-state index contributed by atoms with van der Waals surface area (Å²) in [6, 6.07) is 12.1. The molecule has 0 atom stereocenters. The molecule has 9 nitrogen and oxygen atoms in total. The van der Waals surface area contributed by atoms with Crippen LogP contribution in [-0.4, -0.2) is 64.8 Å². The number of carbonyl (C=O) groups excluding carboxylic acids is 2. The van der Waals surface area contributed by atoms with E-state index in [0.717, 1.165) is 0 Å². The molecule has 0 aromatic heterocycles. The highest BCUT2D eigenvalue weighted by atomic mass is 16.6. The third kappa shape index (κ3) is 9.94. The molecule has 0 saturated carbocycles. The van der Waals surface area contributed by atoms with Crippen LogP contribution in [0.1, 0.15) is 20.7 Å². The van der Waals surface area contributed by atoms with E-state index in [2.05, 4.69) is 0 Å². The molecule has 31 heavy (non-hydrogen) atoms. The van der Waals surface area contributed by atoms with Gasteiger partial charge in [-0.05, 0) is 24.3 Å². The Hall–Kier alpha value is -3.14. The molecule has 0 aliphatic rings. The number of carboxylic acids is 2. The largest absolute Gasteiger partial charge is 0.545 e. The number of benzene rings is 2. The lowest BCUT2D eigenvalue weighted by Crippen LogP contribution is -2.22. The number of carboxylic acid groups (broad SMARTS) is 2. The first-order chi connectivity index (χ1) is 15.1. The molecule has 0 spiro atoms. The lowest BCUT2D eigenvalue weighted by Gasteiger charge is -2.10. The standard InChI is InChI=1S/C22H26O9/c23-21(24)17-3-1-5-19(15-17)30-13-11-28-9-7-27-8-10-29-12-14-31-20-6-2-4-18(16-20)22(25)26/h1-6,15-16H,7-14H2,(H,23,24)(H,25,26)/p-2. The van der Waals surface area contributed by atoms with Crippen LogP contribution < -0.4 is 19.7 Å². The van der Waals surface area contributed by atoms with E-state index in [-0.39, 0.29) is 24.3 Å². The highest BCUT2D eigenvalue weighted by molar-refractivity contribution is 5.86. The van der Waals surface area contributed by atoms with Gasteiger partial charge in [0, 0.05) is 11.1 Å². The highest BCUT2D eigenvalue weighted by Crippen LogP contribution is 2.13. The van der Waals surface area contributed by atoms with E-state index < -0.39 is 11.9 Å². The van der Waals surface area contributed by atoms with Crippen LogP contribution in [0.2, 0.25) is 0 Å². The Balaban J connectivity index is 1.40. The molecule has 9 heteroatoms. The van der Waals surface area contributed by atoms with Gasteiger partial charge in [0.15, 0.2) is 0 Å². The maximum Gasteiger partial charge on any atom is 0.120 e. The zero-order valence-electron chi connectivity index (χ0n) is 16.9. The maximum absolute atomic E-state index is 10.8. The second kappa shape index (κ2) is 14.0. The Kier molecular flexibility index (Phi) is 10.9. The van der Waals surface area contributed by atoms with E-state index in [1.54, 1.807) is 24.3 Å². The maximum atomic E-state index is 10.8. The van der Waals surface area contributed by atoms with Crippen LogP contribution in [0.15, 0.2) is 48.5 Å². The summed E-state index contributed by atoms with van der Waals surface area (Å²) >= 11 is 0. The molecule has 0 N–H and O–H groups in total. The average molecular weight is 432 g/mol. The fourth-order valence-electron chi connectivity index (χ4n) is 2.40. The molecular formula is C22H24O9-2. The quantitative estimate of drug-likeness (QED) is 0.335. The van der Waals surface area contributed by atoms with Crippen molar-refractivity contribution in [3.8, 4) is 11.5 Å². The Morgan fingerprint density at radius 2 is 0.935 bits per heavy atom. The second-order valence-electron chi connectivity index (χ2n) is 6.16. The highest BCUT2D eigenvalue weighted by Gasteiger charge is 1.99. The molecule has 0 saturated heterocycles. The Bertz CT molecular complexity index is 755. The van der Waals surface area contributed by atoms with Gasteiger partial charge >= 0.3 is 0 Å². The van der Waals surface area contributed by atoms with Crippen molar-refractivity contribution in [1.29, 1.82) is 0 Å². The van der Waals surface area contributed by atoms with Crippen LogP contribution in [0.3, 0.4) is 0 Å². The van der Waals surface area contributed by atoms with Crippen molar-refractivity contribution in [2.24, 2.45) is 0 Å². The van der Waals surface area contributed by atoms with Gasteiger partial charge in [-0.1, -0.05) is 24.3 Å². The van der Waals surface area contributed by atoms with E-state index in [0.29, 0.717) is 51.1 Å². The van der Waals surface area contributed by atoms with Crippen LogP contribution in [0.4, 0.5) is 0 Å². The number of carbonyl (C=O) groups is 2. The lowest BCUT2D eigenvalue weighted by atomic mass is 10.2. The molecule has 2 rings (SSSR count). The van der Waals surface area contributed by atoms with Gasteiger partial charge in [-0.15, -0.1) is 0 Å². The molecule has 2 aromatic carbocycles. The second-order valence-corrected chi connectivity index (χ2v) is 6.16. The molecule has 0 heterocycles. The SMILES string of the molecule is O=C([O-])c1cccc(OCCOCCOCCOCCOc2cccc(C(=O)[O-])c2)c1. The van der Waals surface area contributed by atoms with Crippen LogP contribution in [0.5, 0.6) is 11.5 Å². The minimum absolute atomic E-state index is 0.0607. The monoisotopic (exact) mass is 432 g/mol. The van der Waals surface area contributed by atoms with E-state index in [9.17, 15) is 19.8 Å². The number of rotatable bonds is 16. The smallest absolute Gasteiger partial charge is 0.120 e. The summed E-state index contributed by atoms with van der Waals surface area (Å²) in [4.78, 5) is 21.6. The predicted octanol–water partition coefficient (Wildman–Crippen LogP) is -0.0788. The van der Waals surface area contributed by atoms with Gasteiger partial charge in [0.25, 0.3) is 0 Å². The Morgan fingerprint density at radius 3 is 1.29 bits per heavy atom. The summed E-state index contributed by atoms with van der Waals surface area (Å²) in [6.07, 6.45) is 0. The summed E-state index contributed by atoms with van der Waals surface area (Å²) in [5.74, 6) is -1.62. The van der Waals surface area contributed by atoms with Gasteiger partial charge in [-0.25, -0.2) is 0 Å². The minimum atomic E-state index is -1.25. The summed E-state index contributed by atoms with van der Waals surface area (Å²) in [5, 5.41) is 21.6. The van der Waals surface area contributed by atoms with Crippen molar-refractivity contribution in [2.75, 3.05) is 52.9 Å². The molecule has 2 aromatic rings. The molecule has 0 radical (unpaired) electrons. The number of hydrogen-bond acceptors (Lipinski definition) is 9. The molecule has 168 valence electrons. The third-order valence-electron chi connectivity index (χ3n) is 3.88. The number of hydrogen-bond donors (Lipinski definition) is 0. The third-order valence-corrected chi connectivity index (χ3v) is 3.88. The first kappa shape index (κ1) is 24.1. The van der Waals surface area contributed by atoms with Crippen LogP contribution in [0.25, 0.3) is 0 Å². The summed E-state index contributed by atoms with van der Waals surface area (Å²) in [5.41, 5.74) is 0.121. The van der Waals surface area contributed by atoms with Crippen molar-refractivity contribution >= 4 is 11.9 Å². The van der Waals surface area contributed by atoms with Crippen LogP contribution >= 0.6 is 0 Å². The van der Waals surface area contributed by atoms with Crippen molar-refractivity contribution in [3.63, 3.8) is 0 Å².